The van der Waals surface area contributed by atoms with Gasteiger partial charge in [0.05, 0.1) is 0 Å². The van der Waals surface area contributed by atoms with Gasteiger partial charge in [0.2, 0.25) is 0 Å². The molecule has 2 aromatic rings. The van der Waals surface area contributed by atoms with Crippen LogP contribution < -0.4 is 5.32 Å². The Morgan fingerprint density at radius 1 is 1.19 bits per heavy atom. The predicted octanol–water partition coefficient (Wildman–Crippen LogP) is 4.41. The zero-order chi connectivity index (χ0) is 15.0. The van der Waals surface area contributed by atoms with Crippen LogP contribution in [0.25, 0.3) is 0 Å². The van der Waals surface area contributed by atoms with E-state index in [9.17, 15) is 8.78 Å². The zero-order valence-electron chi connectivity index (χ0n) is 11.5. The molecule has 0 aliphatic heterocycles. The molecule has 1 heterocycles. The second kappa shape index (κ2) is 5.56. The maximum Gasteiger partial charge on any atom is 0.160 e. The van der Waals surface area contributed by atoms with Crippen molar-refractivity contribution in [3.8, 4) is 0 Å². The Kier molecular flexibility index (Phi) is 3.76. The van der Waals surface area contributed by atoms with E-state index < -0.39 is 11.6 Å². The standard InChI is InChI=1S/C15H14ClF2N3/c1-8-4-10(17)11(18)6-12(8)19-15-7-13(16)20-14(21-15)5-9-2-3-9/h4,6-7,9H,2-3,5H2,1H3,(H,19,20,21). The third kappa shape index (κ3) is 3.47. The molecule has 1 fully saturated rings. The van der Waals surface area contributed by atoms with Crippen LogP contribution in [0.15, 0.2) is 18.2 Å². The molecule has 0 radical (unpaired) electrons. The Labute approximate surface area is 126 Å². The fourth-order valence-corrected chi connectivity index (χ4v) is 2.32. The Balaban J connectivity index is 1.86. The van der Waals surface area contributed by atoms with Gasteiger partial charge in [0, 0.05) is 24.2 Å². The van der Waals surface area contributed by atoms with Crippen molar-refractivity contribution in [1.29, 1.82) is 0 Å². The van der Waals surface area contributed by atoms with Crippen molar-refractivity contribution in [2.75, 3.05) is 5.32 Å². The highest BCUT2D eigenvalue weighted by Gasteiger charge is 2.23. The molecular weight excluding hydrogens is 296 g/mol. The van der Waals surface area contributed by atoms with Gasteiger partial charge >= 0.3 is 0 Å². The van der Waals surface area contributed by atoms with Crippen molar-refractivity contribution in [3.63, 3.8) is 0 Å². The molecule has 0 amide bonds. The lowest BCUT2D eigenvalue weighted by molar-refractivity contribution is 0.508. The summed E-state index contributed by atoms with van der Waals surface area (Å²) in [4.78, 5) is 8.57. The summed E-state index contributed by atoms with van der Waals surface area (Å²) in [5, 5.41) is 3.31. The third-order valence-electron chi connectivity index (χ3n) is 3.44. The Morgan fingerprint density at radius 3 is 2.62 bits per heavy atom. The molecule has 6 heteroatoms. The van der Waals surface area contributed by atoms with Gasteiger partial charge in [0.15, 0.2) is 11.6 Å². The minimum absolute atomic E-state index is 0.336. The SMILES string of the molecule is Cc1cc(F)c(F)cc1Nc1cc(Cl)nc(CC2CC2)n1. The summed E-state index contributed by atoms with van der Waals surface area (Å²) >= 11 is 5.99. The normalized spacial score (nSPS) is 14.3. The second-order valence-electron chi connectivity index (χ2n) is 5.35. The van der Waals surface area contributed by atoms with Crippen LogP contribution in [0, 0.1) is 24.5 Å². The smallest absolute Gasteiger partial charge is 0.160 e. The van der Waals surface area contributed by atoms with E-state index >= 15 is 0 Å². The van der Waals surface area contributed by atoms with Gasteiger partial charge < -0.3 is 5.32 Å². The van der Waals surface area contributed by atoms with Crippen LogP contribution in [0.1, 0.15) is 24.2 Å². The van der Waals surface area contributed by atoms with Gasteiger partial charge in [-0.1, -0.05) is 11.6 Å². The highest BCUT2D eigenvalue weighted by Crippen LogP contribution is 2.32. The summed E-state index contributed by atoms with van der Waals surface area (Å²) in [6.45, 7) is 1.69. The monoisotopic (exact) mass is 309 g/mol. The first-order chi connectivity index (χ1) is 10.0. The van der Waals surface area contributed by atoms with Crippen LogP contribution in [-0.4, -0.2) is 9.97 Å². The molecule has 3 nitrogen and oxygen atoms in total. The largest absolute Gasteiger partial charge is 0.340 e. The summed E-state index contributed by atoms with van der Waals surface area (Å²) in [5.41, 5.74) is 1.05. The predicted molar refractivity (Wildman–Crippen MR) is 77.8 cm³/mol. The van der Waals surface area contributed by atoms with Gasteiger partial charge in [-0.05, 0) is 37.3 Å². The highest BCUT2D eigenvalue weighted by molar-refractivity contribution is 6.29. The maximum absolute atomic E-state index is 13.3. The van der Waals surface area contributed by atoms with Gasteiger partial charge in [-0.3, -0.25) is 0 Å². The van der Waals surface area contributed by atoms with Crippen LogP contribution >= 0.6 is 11.6 Å². The highest BCUT2D eigenvalue weighted by atomic mass is 35.5. The van der Waals surface area contributed by atoms with Crippen molar-refractivity contribution in [3.05, 3.63) is 46.4 Å². The molecule has 0 unspecified atom stereocenters. The van der Waals surface area contributed by atoms with E-state index in [0.29, 0.717) is 34.0 Å². The molecule has 1 aliphatic carbocycles. The number of hydrogen-bond donors (Lipinski definition) is 1. The van der Waals surface area contributed by atoms with E-state index in [1.54, 1.807) is 13.0 Å². The number of nitrogens with one attached hydrogen (secondary N) is 1. The van der Waals surface area contributed by atoms with E-state index in [-0.39, 0.29) is 0 Å². The van der Waals surface area contributed by atoms with E-state index in [4.69, 9.17) is 11.6 Å². The second-order valence-corrected chi connectivity index (χ2v) is 5.73. The molecule has 3 rings (SSSR count). The molecular formula is C15H14ClF2N3. The first-order valence-electron chi connectivity index (χ1n) is 6.77. The van der Waals surface area contributed by atoms with Gasteiger partial charge in [0.25, 0.3) is 0 Å². The van der Waals surface area contributed by atoms with E-state index in [1.165, 1.54) is 12.8 Å². The fourth-order valence-electron chi connectivity index (χ4n) is 2.12. The first kappa shape index (κ1) is 14.2. The molecule has 21 heavy (non-hydrogen) atoms. The average Bonchev–Trinajstić information content (AvgIpc) is 3.19. The average molecular weight is 310 g/mol. The molecule has 1 aliphatic rings. The summed E-state index contributed by atoms with van der Waals surface area (Å²) in [5.74, 6) is 0.0310. The number of aromatic nitrogens is 2. The Morgan fingerprint density at radius 2 is 1.90 bits per heavy atom. The fraction of sp³-hybridized carbons (Fsp3) is 0.333. The van der Waals surface area contributed by atoms with E-state index in [2.05, 4.69) is 15.3 Å². The Hall–Kier alpha value is -1.75. The number of hydrogen-bond acceptors (Lipinski definition) is 3. The lowest BCUT2D eigenvalue weighted by atomic mass is 10.2. The van der Waals surface area contributed by atoms with Crippen molar-refractivity contribution in [2.45, 2.75) is 26.2 Å². The molecule has 1 aromatic heterocycles. The molecule has 0 spiro atoms. The topological polar surface area (TPSA) is 37.8 Å². The zero-order valence-corrected chi connectivity index (χ0v) is 12.2. The third-order valence-corrected chi connectivity index (χ3v) is 3.63. The van der Waals surface area contributed by atoms with Gasteiger partial charge in [-0.15, -0.1) is 0 Å². The van der Waals surface area contributed by atoms with Gasteiger partial charge in [-0.25, -0.2) is 18.7 Å². The summed E-state index contributed by atoms with van der Waals surface area (Å²) in [6.07, 6.45) is 3.19. The van der Waals surface area contributed by atoms with Gasteiger partial charge in [0.1, 0.15) is 16.8 Å². The maximum atomic E-state index is 13.3. The number of halogens is 3. The lowest BCUT2D eigenvalue weighted by Gasteiger charge is -2.11. The molecule has 0 bridgehead atoms. The molecule has 110 valence electrons. The summed E-state index contributed by atoms with van der Waals surface area (Å²) in [6, 6.07) is 3.82. The number of benzene rings is 1. The molecule has 0 saturated heterocycles. The Bertz CT molecular complexity index is 687. The van der Waals surface area contributed by atoms with Crippen molar-refractivity contribution < 1.29 is 8.78 Å². The number of rotatable bonds is 4. The van der Waals surface area contributed by atoms with E-state index in [0.717, 1.165) is 18.6 Å². The van der Waals surface area contributed by atoms with Crippen molar-refractivity contribution >= 4 is 23.1 Å². The van der Waals surface area contributed by atoms with Crippen LogP contribution in [0.4, 0.5) is 20.3 Å². The minimum Gasteiger partial charge on any atom is -0.340 e. The molecule has 1 aromatic carbocycles. The molecule has 1 saturated carbocycles. The number of nitrogens with zero attached hydrogens (tertiary/aromatic N) is 2. The van der Waals surface area contributed by atoms with Crippen molar-refractivity contribution in [2.24, 2.45) is 5.92 Å². The van der Waals surface area contributed by atoms with E-state index in [1.807, 2.05) is 0 Å². The van der Waals surface area contributed by atoms with Crippen LogP contribution in [-0.2, 0) is 6.42 Å². The van der Waals surface area contributed by atoms with Crippen molar-refractivity contribution in [1.82, 2.24) is 9.97 Å². The van der Waals surface area contributed by atoms with Crippen LogP contribution in [0.3, 0.4) is 0 Å². The first-order valence-corrected chi connectivity index (χ1v) is 7.15. The summed E-state index contributed by atoms with van der Waals surface area (Å²) < 4.78 is 26.5. The van der Waals surface area contributed by atoms with Gasteiger partial charge in [-0.2, -0.15) is 0 Å². The van der Waals surface area contributed by atoms with Crippen LogP contribution in [0.5, 0.6) is 0 Å². The lowest BCUT2D eigenvalue weighted by Crippen LogP contribution is -2.03. The number of anilines is 2. The minimum atomic E-state index is -0.901. The molecule has 0 atom stereocenters. The summed E-state index contributed by atoms with van der Waals surface area (Å²) in [7, 11) is 0. The van der Waals surface area contributed by atoms with Crippen LogP contribution in [0.2, 0.25) is 5.15 Å². The number of aryl methyl sites for hydroxylation is 1. The quantitative estimate of drug-likeness (QED) is 0.850. The molecule has 1 N–H and O–H groups in total.